The van der Waals surface area contributed by atoms with Crippen LogP contribution in [0.4, 0.5) is 10.6 Å². The van der Waals surface area contributed by atoms with Crippen molar-refractivity contribution in [3.8, 4) is 0 Å². The molecule has 0 spiro atoms. The minimum Gasteiger partial charge on any atom is -0.515 e. The van der Waals surface area contributed by atoms with Crippen LogP contribution in [-0.2, 0) is 28.5 Å². The van der Waals surface area contributed by atoms with E-state index in [0.29, 0.717) is 24.2 Å². The molecule has 1 aliphatic heterocycles. The van der Waals surface area contributed by atoms with Gasteiger partial charge in [0.1, 0.15) is 11.4 Å². The summed E-state index contributed by atoms with van der Waals surface area (Å²) in [6.45, 7) is 7.33. The third-order valence-corrected chi connectivity index (χ3v) is 6.80. The highest BCUT2D eigenvalue weighted by atomic mass is 16.2. The average Bonchev–Trinajstić information content (AvgIpc) is 3.05. The Morgan fingerprint density at radius 2 is 1.93 bits per heavy atom. The quantitative estimate of drug-likeness (QED) is 0.437. The fourth-order valence-corrected chi connectivity index (χ4v) is 5.35. The zero-order chi connectivity index (χ0) is 20.6. The summed E-state index contributed by atoms with van der Waals surface area (Å²) in [5.41, 5.74) is 0.683. The molecule has 28 heavy (non-hydrogen) atoms. The lowest BCUT2D eigenvalue weighted by molar-refractivity contribution is -0.124. The summed E-state index contributed by atoms with van der Waals surface area (Å²) in [6, 6.07) is -0.448. The first-order valence-corrected chi connectivity index (χ1v) is 9.63. The lowest BCUT2D eigenvalue weighted by Crippen LogP contribution is -2.48. The smallest absolute Gasteiger partial charge is 0.330 e. The molecule has 0 aromatic carbocycles. The van der Waals surface area contributed by atoms with Crippen molar-refractivity contribution in [1.82, 2.24) is 15.1 Å². The number of aryl methyl sites for hydroxylation is 1. The van der Waals surface area contributed by atoms with Crippen molar-refractivity contribution in [3.63, 3.8) is 0 Å². The molecular weight excluding hydrogens is 360 g/mol. The average molecular weight is 386 g/mol. The van der Waals surface area contributed by atoms with Crippen molar-refractivity contribution >= 4 is 23.5 Å². The molecule has 3 atom stereocenters. The van der Waals surface area contributed by atoms with Gasteiger partial charge in [-0.25, -0.2) is 9.69 Å². The van der Waals surface area contributed by atoms with Crippen LogP contribution in [0.2, 0.25) is 0 Å². The number of nitrogens with zero attached hydrogens (tertiary/aromatic N) is 3. The Balaban J connectivity index is 1.85. The number of ketones is 1. The van der Waals surface area contributed by atoms with Crippen molar-refractivity contribution < 1.29 is 19.5 Å². The minimum absolute atomic E-state index is 0.0135. The highest BCUT2D eigenvalue weighted by Crippen LogP contribution is 2.53. The minimum atomic E-state index is -0.964. The largest absolute Gasteiger partial charge is 0.515 e. The Morgan fingerprint density at radius 3 is 2.50 bits per heavy atom. The van der Waals surface area contributed by atoms with Crippen LogP contribution in [0.15, 0.2) is 11.8 Å². The summed E-state index contributed by atoms with van der Waals surface area (Å²) in [7, 11) is 1.73. The van der Waals surface area contributed by atoms with Gasteiger partial charge in [0.05, 0.1) is 12.0 Å². The van der Waals surface area contributed by atoms with Gasteiger partial charge < -0.3 is 10.4 Å². The van der Waals surface area contributed by atoms with E-state index >= 15 is 0 Å². The molecule has 3 amide bonds. The second-order valence-corrected chi connectivity index (χ2v) is 9.02. The predicted octanol–water partition coefficient (Wildman–Crippen LogP) is 2.13. The van der Waals surface area contributed by atoms with Gasteiger partial charge in [-0.3, -0.25) is 14.3 Å². The summed E-state index contributed by atoms with van der Waals surface area (Å²) in [5, 5.41) is 17.0. The zero-order valence-corrected chi connectivity index (χ0v) is 16.9. The van der Waals surface area contributed by atoms with Crippen LogP contribution in [0.1, 0.15) is 51.8 Å². The van der Waals surface area contributed by atoms with Crippen LogP contribution >= 0.6 is 0 Å². The van der Waals surface area contributed by atoms with Gasteiger partial charge in [0, 0.05) is 29.5 Å². The maximum Gasteiger partial charge on any atom is 0.330 e. The molecule has 8 nitrogen and oxygen atoms in total. The standard InChI is InChI=1S/C20H26N4O4/c1-10-13-7-6-12-15(20(13,4)8-11(9-25)14(10)26)22-23(5)16(12)24-17(27)19(2,3)21-18(24)28/h9-10,13,25H,6-8H2,1-5H3,(H,21,28)/b11-9-/t10-,13-,20-/m0/s1. The number of aliphatic hydroxyl groups is 1. The number of aromatic nitrogens is 2. The van der Waals surface area contributed by atoms with Crippen LogP contribution in [0.25, 0.3) is 0 Å². The van der Waals surface area contributed by atoms with E-state index in [1.54, 1.807) is 25.6 Å². The predicted molar refractivity (Wildman–Crippen MR) is 102 cm³/mol. The number of imide groups is 1. The molecule has 3 aliphatic rings. The monoisotopic (exact) mass is 386 g/mol. The third kappa shape index (κ3) is 2.23. The number of amides is 3. The van der Waals surface area contributed by atoms with Crippen molar-refractivity contribution in [3.05, 3.63) is 23.1 Å². The molecule has 1 aromatic heterocycles. The number of anilines is 1. The first-order chi connectivity index (χ1) is 13.0. The number of carbonyl (C=O) groups is 3. The van der Waals surface area contributed by atoms with Crippen LogP contribution < -0.4 is 10.2 Å². The summed E-state index contributed by atoms with van der Waals surface area (Å²) < 4.78 is 1.60. The molecular formula is C20H26N4O4. The van der Waals surface area contributed by atoms with E-state index in [0.717, 1.165) is 23.9 Å². The molecule has 8 heteroatoms. The van der Waals surface area contributed by atoms with Crippen molar-refractivity contribution in [2.24, 2.45) is 18.9 Å². The Hall–Kier alpha value is -2.64. The van der Waals surface area contributed by atoms with Crippen molar-refractivity contribution in [1.29, 1.82) is 0 Å². The van der Waals surface area contributed by atoms with Gasteiger partial charge in [-0.1, -0.05) is 13.8 Å². The van der Waals surface area contributed by atoms with E-state index in [4.69, 9.17) is 5.10 Å². The van der Waals surface area contributed by atoms with E-state index in [1.165, 1.54) is 4.90 Å². The molecule has 0 bridgehead atoms. The number of urea groups is 1. The number of allylic oxidation sites excluding steroid dienone is 1. The molecule has 1 saturated heterocycles. The number of carbonyl (C=O) groups excluding carboxylic acids is 3. The van der Waals surface area contributed by atoms with Gasteiger partial charge in [-0.15, -0.1) is 0 Å². The zero-order valence-electron chi connectivity index (χ0n) is 16.9. The van der Waals surface area contributed by atoms with Crippen LogP contribution in [0.3, 0.4) is 0 Å². The number of hydrogen-bond acceptors (Lipinski definition) is 5. The first kappa shape index (κ1) is 18.7. The number of nitrogens with one attached hydrogen (secondary N) is 1. The van der Waals surface area contributed by atoms with Gasteiger partial charge in [-0.05, 0) is 39.0 Å². The summed E-state index contributed by atoms with van der Waals surface area (Å²) in [4.78, 5) is 39.1. The number of Topliss-reactive ketones (excluding diaryl/α,β-unsaturated/α-hetero) is 1. The second kappa shape index (κ2) is 5.68. The van der Waals surface area contributed by atoms with Gasteiger partial charge in [0.2, 0.25) is 0 Å². The fraction of sp³-hybridized carbons (Fsp3) is 0.600. The number of fused-ring (bicyclic) bond motifs is 3. The van der Waals surface area contributed by atoms with E-state index < -0.39 is 17.0 Å². The van der Waals surface area contributed by atoms with Gasteiger partial charge in [-0.2, -0.15) is 5.10 Å². The van der Waals surface area contributed by atoms with Crippen molar-refractivity contribution in [2.75, 3.05) is 4.90 Å². The number of rotatable bonds is 1. The van der Waals surface area contributed by atoms with Crippen LogP contribution in [0, 0.1) is 11.8 Å². The summed E-state index contributed by atoms with van der Waals surface area (Å²) in [6.07, 6.45) is 2.72. The van der Waals surface area contributed by atoms with E-state index in [1.807, 2.05) is 6.92 Å². The molecule has 2 heterocycles. The first-order valence-electron chi connectivity index (χ1n) is 9.63. The molecule has 1 aromatic rings. The SMILES string of the molecule is C[C@@H]1C(=O)/C(=C\O)C[C@]2(C)c3nn(C)c(N4C(=O)NC(C)(C)C4=O)c3CC[C@@H]12. The van der Waals surface area contributed by atoms with E-state index in [9.17, 15) is 19.5 Å². The molecule has 2 fully saturated rings. The maximum atomic E-state index is 12.8. The topological polar surface area (TPSA) is 105 Å². The molecule has 0 unspecified atom stereocenters. The van der Waals surface area contributed by atoms with Crippen LogP contribution in [-0.4, -0.2) is 38.1 Å². The molecule has 4 rings (SSSR count). The Morgan fingerprint density at radius 1 is 1.25 bits per heavy atom. The number of aliphatic hydroxyl groups excluding tert-OH is 1. The summed E-state index contributed by atoms with van der Waals surface area (Å²) >= 11 is 0. The lowest BCUT2D eigenvalue weighted by atomic mass is 9.55. The highest BCUT2D eigenvalue weighted by Gasteiger charge is 2.54. The lowest BCUT2D eigenvalue weighted by Gasteiger charge is -2.47. The second-order valence-electron chi connectivity index (χ2n) is 9.02. The highest BCUT2D eigenvalue weighted by molar-refractivity contribution is 6.23. The molecule has 2 aliphatic carbocycles. The van der Waals surface area contributed by atoms with Gasteiger partial charge >= 0.3 is 6.03 Å². The summed E-state index contributed by atoms with van der Waals surface area (Å²) in [5.74, 6) is 0.0610. The van der Waals surface area contributed by atoms with E-state index in [2.05, 4.69) is 12.2 Å². The normalized spacial score (nSPS) is 33.1. The van der Waals surface area contributed by atoms with Crippen LogP contribution in [0.5, 0.6) is 0 Å². The van der Waals surface area contributed by atoms with Gasteiger partial charge in [0.15, 0.2) is 5.78 Å². The number of hydrogen-bond donors (Lipinski definition) is 2. The molecule has 0 radical (unpaired) electrons. The van der Waals surface area contributed by atoms with E-state index in [-0.39, 0.29) is 23.5 Å². The fourth-order valence-electron chi connectivity index (χ4n) is 5.35. The Kier molecular flexibility index (Phi) is 3.80. The Bertz CT molecular complexity index is 944. The maximum absolute atomic E-state index is 12.8. The molecule has 150 valence electrons. The molecule has 1 saturated carbocycles. The Labute approximate surface area is 163 Å². The van der Waals surface area contributed by atoms with Crippen molar-refractivity contribution in [2.45, 2.75) is 57.9 Å². The molecule has 2 N–H and O–H groups in total. The van der Waals surface area contributed by atoms with Gasteiger partial charge in [0.25, 0.3) is 5.91 Å². The third-order valence-electron chi connectivity index (χ3n) is 6.80.